The second-order valence-corrected chi connectivity index (χ2v) is 3.56. The Kier molecular flexibility index (Phi) is 3.57. The van der Waals surface area contributed by atoms with Crippen LogP contribution in [0.25, 0.3) is 0 Å². The van der Waals surface area contributed by atoms with Crippen LogP contribution in [0.1, 0.15) is 0 Å². The van der Waals surface area contributed by atoms with Crippen molar-refractivity contribution in [3.8, 4) is 5.75 Å². The number of ether oxygens (including phenoxy) is 1. The minimum Gasteiger partial charge on any atom is -0.546 e. The molecule has 0 aliphatic heterocycles. The monoisotopic (exact) mass is 263 g/mol. The van der Waals surface area contributed by atoms with E-state index in [1.54, 1.807) is 18.2 Å². The topological polar surface area (TPSA) is 49.4 Å². The number of halogens is 2. The molecule has 3 nitrogen and oxygen atoms in total. The molecule has 0 bridgehead atoms. The highest BCUT2D eigenvalue weighted by Gasteiger charge is 2.01. The van der Waals surface area contributed by atoms with E-state index in [2.05, 4.69) is 15.9 Å². The van der Waals surface area contributed by atoms with Gasteiger partial charge in [0.1, 0.15) is 12.4 Å². The Morgan fingerprint density at radius 2 is 2.31 bits per heavy atom. The van der Waals surface area contributed by atoms with E-state index in [4.69, 9.17) is 16.3 Å². The van der Waals surface area contributed by atoms with Gasteiger partial charge in [-0.25, -0.2) is 0 Å². The van der Waals surface area contributed by atoms with Crippen LogP contribution in [0, 0.1) is 0 Å². The van der Waals surface area contributed by atoms with E-state index in [1.807, 2.05) is 0 Å². The molecule has 0 fully saturated rings. The van der Waals surface area contributed by atoms with Gasteiger partial charge in [-0.3, -0.25) is 0 Å². The molecule has 0 aromatic heterocycles. The van der Waals surface area contributed by atoms with Crippen LogP contribution in [-0.4, -0.2) is 12.6 Å². The third kappa shape index (κ3) is 3.24. The summed E-state index contributed by atoms with van der Waals surface area (Å²) in [5, 5.41) is 10.4. The molecule has 13 heavy (non-hydrogen) atoms. The van der Waals surface area contributed by atoms with E-state index in [0.29, 0.717) is 10.8 Å². The number of aliphatic carboxylic acids is 1. The van der Waals surface area contributed by atoms with Gasteiger partial charge in [0, 0.05) is 4.47 Å². The van der Waals surface area contributed by atoms with E-state index < -0.39 is 12.6 Å². The van der Waals surface area contributed by atoms with Gasteiger partial charge in [-0.2, -0.15) is 0 Å². The van der Waals surface area contributed by atoms with E-state index in [9.17, 15) is 9.90 Å². The number of carbonyl (C=O) groups is 1. The second kappa shape index (κ2) is 4.48. The predicted molar refractivity (Wildman–Crippen MR) is 49.7 cm³/mol. The van der Waals surface area contributed by atoms with Crippen LogP contribution in [-0.2, 0) is 4.79 Å². The average molecular weight is 264 g/mol. The number of hydrogen-bond acceptors (Lipinski definition) is 3. The van der Waals surface area contributed by atoms with Gasteiger partial charge < -0.3 is 14.6 Å². The van der Waals surface area contributed by atoms with E-state index in [0.717, 1.165) is 4.47 Å². The number of carboxylic acid groups (broad SMARTS) is 1. The van der Waals surface area contributed by atoms with Crippen LogP contribution in [0.5, 0.6) is 5.75 Å². The fourth-order valence-corrected chi connectivity index (χ4v) is 1.46. The van der Waals surface area contributed by atoms with Gasteiger partial charge in [0.15, 0.2) is 0 Å². The molecule has 0 saturated heterocycles. The van der Waals surface area contributed by atoms with Crippen molar-refractivity contribution < 1.29 is 14.6 Å². The highest BCUT2D eigenvalue weighted by Crippen LogP contribution is 2.27. The summed E-state index contributed by atoms with van der Waals surface area (Å²) in [6.45, 7) is -0.499. The van der Waals surface area contributed by atoms with Crippen molar-refractivity contribution in [2.45, 2.75) is 0 Å². The number of rotatable bonds is 3. The molecule has 0 heterocycles. The molecule has 5 heteroatoms. The summed E-state index contributed by atoms with van der Waals surface area (Å²) in [5.41, 5.74) is 0. The van der Waals surface area contributed by atoms with Crippen molar-refractivity contribution in [2.75, 3.05) is 6.61 Å². The highest BCUT2D eigenvalue weighted by molar-refractivity contribution is 9.10. The number of carbonyl (C=O) groups excluding carboxylic acids is 1. The van der Waals surface area contributed by atoms with Crippen LogP contribution < -0.4 is 9.84 Å². The van der Waals surface area contributed by atoms with Crippen molar-refractivity contribution in [3.63, 3.8) is 0 Å². The quantitative estimate of drug-likeness (QED) is 0.825. The Morgan fingerprint density at radius 3 is 2.85 bits per heavy atom. The largest absolute Gasteiger partial charge is 0.546 e. The maximum Gasteiger partial charge on any atom is 0.138 e. The number of hydrogen-bond donors (Lipinski definition) is 0. The fraction of sp³-hybridized carbons (Fsp3) is 0.125. The van der Waals surface area contributed by atoms with Gasteiger partial charge in [-0.05, 0) is 18.2 Å². The SMILES string of the molecule is O=C([O-])COc1ccc(Br)cc1Cl. The molecule has 0 amide bonds. The first-order chi connectivity index (χ1) is 6.09. The van der Waals surface area contributed by atoms with Gasteiger partial charge in [0.05, 0.1) is 11.0 Å². The van der Waals surface area contributed by atoms with Gasteiger partial charge in [0.2, 0.25) is 0 Å². The third-order valence-corrected chi connectivity index (χ3v) is 2.03. The van der Waals surface area contributed by atoms with Crippen LogP contribution in [0.2, 0.25) is 5.02 Å². The molecule has 70 valence electrons. The van der Waals surface area contributed by atoms with Crippen molar-refractivity contribution in [2.24, 2.45) is 0 Å². The Morgan fingerprint density at radius 1 is 1.62 bits per heavy atom. The molecule has 1 aromatic rings. The minimum absolute atomic E-state index is 0.328. The normalized spacial score (nSPS) is 9.69. The number of carboxylic acids is 1. The van der Waals surface area contributed by atoms with Crippen LogP contribution >= 0.6 is 27.5 Å². The lowest BCUT2D eigenvalue weighted by Gasteiger charge is -2.08. The summed E-state index contributed by atoms with van der Waals surface area (Å²) in [6, 6.07) is 4.90. The van der Waals surface area contributed by atoms with E-state index >= 15 is 0 Å². The van der Waals surface area contributed by atoms with Crippen molar-refractivity contribution in [1.29, 1.82) is 0 Å². The summed E-state index contributed by atoms with van der Waals surface area (Å²) in [4.78, 5) is 10.1. The van der Waals surface area contributed by atoms with Crippen LogP contribution in [0.3, 0.4) is 0 Å². The molecule has 0 N–H and O–H groups in total. The molecule has 0 aliphatic carbocycles. The molecule has 0 spiro atoms. The molecule has 0 saturated carbocycles. The standard InChI is InChI=1S/C8H6BrClO3/c9-5-1-2-7(6(10)3-5)13-4-8(11)12/h1-3H,4H2,(H,11,12)/p-1. The molecule has 0 aliphatic rings. The molecule has 0 unspecified atom stereocenters. The summed E-state index contributed by atoms with van der Waals surface area (Å²) in [5.74, 6) is -0.951. The smallest absolute Gasteiger partial charge is 0.138 e. The molecular formula is C8H5BrClO3-. The summed E-state index contributed by atoms with van der Waals surface area (Å²) >= 11 is 8.95. The van der Waals surface area contributed by atoms with Gasteiger partial charge in [0.25, 0.3) is 0 Å². The Balaban J connectivity index is 2.72. The average Bonchev–Trinajstić information content (AvgIpc) is 2.02. The zero-order valence-corrected chi connectivity index (χ0v) is 8.76. The van der Waals surface area contributed by atoms with E-state index in [1.165, 1.54) is 0 Å². The third-order valence-electron chi connectivity index (χ3n) is 1.24. The lowest BCUT2D eigenvalue weighted by molar-refractivity contribution is -0.307. The van der Waals surface area contributed by atoms with Crippen LogP contribution in [0.15, 0.2) is 22.7 Å². The zero-order valence-electron chi connectivity index (χ0n) is 6.42. The highest BCUT2D eigenvalue weighted by atomic mass is 79.9. The number of benzene rings is 1. The molecular weight excluding hydrogens is 259 g/mol. The predicted octanol–water partition coefficient (Wildman–Crippen LogP) is 1.23. The molecule has 0 atom stereocenters. The molecule has 0 radical (unpaired) electrons. The first-order valence-electron chi connectivity index (χ1n) is 3.37. The van der Waals surface area contributed by atoms with Crippen molar-refractivity contribution in [3.05, 3.63) is 27.7 Å². The maximum atomic E-state index is 10.1. The fourth-order valence-electron chi connectivity index (χ4n) is 0.729. The summed E-state index contributed by atoms with van der Waals surface area (Å²) in [6.07, 6.45) is 0. The minimum atomic E-state index is -1.28. The molecule has 1 aromatic carbocycles. The van der Waals surface area contributed by atoms with Gasteiger partial charge >= 0.3 is 0 Å². The summed E-state index contributed by atoms with van der Waals surface area (Å²) < 4.78 is 5.64. The van der Waals surface area contributed by atoms with Crippen molar-refractivity contribution >= 4 is 33.5 Å². The maximum absolute atomic E-state index is 10.1. The van der Waals surface area contributed by atoms with Crippen molar-refractivity contribution in [1.82, 2.24) is 0 Å². The lowest BCUT2D eigenvalue weighted by Crippen LogP contribution is -2.28. The first kappa shape index (κ1) is 10.3. The first-order valence-corrected chi connectivity index (χ1v) is 4.54. The Labute approximate surface area is 88.4 Å². The second-order valence-electron chi connectivity index (χ2n) is 2.24. The Hall–Kier alpha value is -0.740. The zero-order chi connectivity index (χ0) is 9.84. The summed E-state index contributed by atoms with van der Waals surface area (Å²) in [7, 11) is 0. The van der Waals surface area contributed by atoms with Gasteiger partial charge in [-0.1, -0.05) is 27.5 Å². The lowest BCUT2D eigenvalue weighted by atomic mass is 10.3. The Bertz CT molecular complexity index is 327. The van der Waals surface area contributed by atoms with Crippen LogP contribution in [0.4, 0.5) is 0 Å². The molecule has 1 rings (SSSR count). The van der Waals surface area contributed by atoms with Gasteiger partial charge in [-0.15, -0.1) is 0 Å². The van der Waals surface area contributed by atoms with E-state index in [-0.39, 0.29) is 0 Å².